The molecule has 0 saturated carbocycles. The van der Waals surface area contributed by atoms with E-state index in [1.54, 1.807) is 42.3 Å². The molecule has 0 bridgehead atoms. The first-order chi connectivity index (χ1) is 12.8. The van der Waals surface area contributed by atoms with Gasteiger partial charge in [-0.25, -0.2) is 13.8 Å². The van der Waals surface area contributed by atoms with Gasteiger partial charge in [-0.1, -0.05) is 0 Å². The average Bonchev–Trinajstić information content (AvgIpc) is 3.14. The quantitative estimate of drug-likeness (QED) is 0.617. The number of nitrogens with zero attached hydrogens (tertiary/aromatic N) is 3. The fourth-order valence-corrected chi connectivity index (χ4v) is 4.84. The number of benzene rings is 1. The zero-order chi connectivity index (χ0) is 19.6. The molecule has 2 heterocycles. The molecule has 1 N–H and O–H groups in total. The standard InChI is InChI=1S/C18H22N4O4S/c1-12-17(13(2)22(21-12)15-8-9-27(24,25)11-15)10-19-20-18(23)14-4-6-16(26-3)7-5-14/h4-7,10,15H,8-9,11H2,1-3H3,(H,20,23)/b19-10-/t15-/m0/s1. The second-order valence-corrected chi connectivity index (χ2v) is 8.74. The van der Waals surface area contributed by atoms with Gasteiger partial charge in [0.2, 0.25) is 0 Å². The summed E-state index contributed by atoms with van der Waals surface area (Å²) >= 11 is 0. The smallest absolute Gasteiger partial charge is 0.271 e. The summed E-state index contributed by atoms with van der Waals surface area (Å²) in [6, 6.07) is 6.56. The number of amides is 1. The first-order valence-electron chi connectivity index (χ1n) is 8.54. The van der Waals surface area contributed by atoms with Crippen LogP contribution in [0.25, 0.3) is 0 Å². The lowest BCUT2D eigenvalue weighted by molar-refractivity contribution is 0.0955. The summed E-state index contributed by atoms with van der Waals surface area (Å²) in [5.74, 6) is 0.637. The summed E-state index contributed by atoms with van der Waals surface area (Å²) in [4.78, 5) is 12.1. The molecule has 1 fully saturated rings. The Morgan fingerprint density at radius 1 is 1.33 bits per heavy atom. The number of hydrogen-bond acceptors (Lipinski definition) is 6. The fraction of sp³-hybridized carbons (Fsp3) is 0.389. The maximum Gasteiger partial charge on any atom is 0.271 e. The van der Waals surface area contributed by atoms with Gasteiger partial charge in [-0.05, 0) is 44.5 Å². The Hall–Kier alpha value is -2.68. The van der Waals surface area contributed by atoms with E-state index < -0.39 is 9.84 Å². The molecule has 1 aromatic heterocycles. The van der Waals surface area contributed by atoms with Crippen molar-refractivity contribution in [3.8, 4) is 5.75 Å². The van der Waals surface area contributed by atoms with Crippen LogP contribution in [0.3, 0.4) is 0 Å². The lowest BCUT2D eigenvalue weighted by Gasteiger charge is -2.10. The fourth-order valence-electron chi connectivity index (χ4n) is 3.15. The second-order valence-electron chi connectivity index (χ2n) is 6.51. The Balaban J connectivity index is 1.71. The van der Waals surface area contributed by atoms with Gasteiger partial charge in [-0.15, -0.1) is 0 Å². The molecule has 1 aromatic carbocycles. The number of carbonyl (C=O) groups is 1. The summed E-state index contributed by atoms with van der Waals surface area (Å²) in [6.07, 6.45) is 2.11. The van der Waals surface area contributed by atoms with E-state index in [1.807, 2.05) is 13.8 Å². The monoisotopic (exact) mass is 390 g/mol. The van der Waals surface area contributed by atoms with E-state index in [0.29, 0.717) is 17.7 Å². The highest BCUT2D eigenvalue weighted by Gasteiger charge is 2.31. The molecule has 0 unspecified atom stereocenters. The number of sulfone groups is 1. The number of hydrazone groups is 1. The average molecular weight is 390 g/mol. The minimum Gasteiger partial charge on any atom is -0.497 e. The van der Waals surface area contributed by atoms with Crippen molar-refractivity contribution in [3.63, 3.8) is 0 Å². The van der Waals surface area contributed by atoms with Crippen molar-refractivity contribution in [3.05, 3.63) is 46.8 Å². The number of ether oxygens (including phenoxy) is 1. The van der Waals surface area contributed by atoms with Crippen molar-refractivity contribution in [1.29, 1.82) is 0 Å². The van der Waals surface area contributed by atoms with Crippen LogP contribution < -0.4 is 10.2 Å². The van der Waals surface area contributed by atoms with Crippen molar-refractivity contribution < 1.29 is 17.9 Å². The van der Waals surface area contributed by atoms with Crippen LogP contribution in [-0.4, -0.2) is 48.9 Å². The van der Waals surface area contributed by atoms with E-state index in [2.05, 4.69) is 15.6 Å². The highest BCUT2D eigenvalue weighted by atomic mass is 32.2. The minimum atomic E-state index is -2.99. The van der Waals surface area contributed by atoms with Crippen molar-refractivity contribution in [1.82, 2.24) is 15.2 Å². The summed E-state index contributed by atoms with van der Waals surface area (Å²) in [5, 5.41) is 8.49. The molecule has 27 heavy (non-hydrogen) atoms. The van der Waals surface area contributed by atoms with Crippen molar-refractivity contribution in [2.24, 2.45) is 5.10 Å². The van der Waals surface area contributed by atoms with Crippen LogP contribution in [0.5, 0.6) is 5.75 Å². The van der Waals surface area contributed by atoms with Gasteiger partial charge in [0.1, 0.15) is 5.75 Å². The number of hydrogen-bond donors (Lipinski definition) is 1. The molecule has 1 atom stereocenters. The molecule has 8 nitrogen and oxygen atoms in total. The number of nitrogens with one attached hydrogen (secondary N) is 1. The SMILES string of the molecule is COc1ccc(C(=O)N/N=C\c2c(C)nn([C@H]3CCS(=O)(=O)C3)c2C)cc1. The molecule has 1 saturated heterocycles. The van der Waals surface area contributed by atoms with Gasteiger partial charge in [0.25, 0.3) is 5.91 Å². The van der Waals surface area contributed by atoms with E-state index in [9.17, 15) is 13.2 Å². The number of aromatic nitrogens is 2. The molecular weight excluding hydrogens is 368 g/mol. The highest BCUT2D eigenvalue weighted by molar-refractivity contribution is 7.91. The van der Waals surface area contributed by atoms with E-state index in [0.717, 1.165) is 17.0 Å². The van der Waals surface area contributed by atoms with Crippen molar-refractivity contribution in [2.75, 3.05) is 18.6 Å². The number of methoxy groups -OCH3 is 1. The Bertz CT molecular complexity index is 978. The molecule has 144 valence electrons. The van der Waals surface area contributed by atoms with E-state index in [1.165, 1.54) is 0 Å². The Morgan fingerprint density at radius 3 is 2.63 bits per heavy atom. The van der Waals surface area contributed by atoms with Crippen molar-refractivity contribution >= 4 is 22.0 Å². The predicted molar refractivity (Wildman–Crippen MR) is 102 cm³/mol. The number of aryl methyl sites for hydroxylation is 1. The third kappa shape index (κ3) is 4.19. The number of carbonyl (C=O) groups excluding carboxylic acids is 1. The molecule has 0 aliphatic carbocycles. The molecule has 1 aliphatic rings. The van der Waals surface area contributed by atoms with Crippen LogP contribution in [0.2, 0.25) is 0 Å². The third-order valence-corrected chi connectivity index (χ3v) is 6.40. The molecule has 3 rings (SSSR count). The van der Waals surface area contributed by atoms with Gasteiger partial charge in [0.15, 0.2) is 9.84 Å². The Labute approximate surface area is 158 Å². The van der Waals surface area contributed by atoms with Crippen LogP contribution in [0.1, 0.15) is 39.8 Å². The zero-order valence-electron chi connectivity index (χ0n) is 15.5. The second kappa shape index (κ2) is 7.51. The lowest BCUT2D eigenvalue weighted by Crippen LogP contribution is -2.17. The van der Waals surface area contributed by atoms with Crippen LogP contribution in [0.15, 0.2) is 29.4 Å². The van der Waals surface area contributed by atoms with Crippen LogP contribution in [0.4, 0.5) is 0 Å². The Kier molecular flexibility index (Phi) is 5.31. The summed E-state index contributed by atoms with van der Waals surface area (Å²) < 4.78 is 30.3. The van der Waals surface area contributed by atoms with Gasteiger partial charge in [-0.3, -0.25) is 9.48 Å². The molecule has 0 spiro atoms. The molecule has 9 heteroatoms. The minimum absolute atomic E-state index is 0.111. The molecule has 0 radical (unpaired) electrons. The molecule has 1 amide bonds. The van der Waals surface area contributed by atoms with Crippen LogP contribution in [0, 0.1) is 13.8 Å². The lowest BCUT2D eigenvalue weighted by atomic mass is 10.2. The largest absolute Gasteiger partial charge is 0.497 e. The van der Waals surface area contributed by atoms with E-state index in [-0.39, 0.29) is 23.5 Å². The van der Waals surface area contributed by atoms with Gasteiger partial charge in [-0.2, -0.15) is 10.2 Å². The van der Waals surface area contributed by atoms with Gasteiger partial charge in [0.05, 0.1) is 36.6 Å². The molecule has 1 aliphatic heterocycles. The Morgan fingerprint density at radius 2 is 2.04 bits per heavy atom. The van der Waals surface area contributed by atoms with Crippen molar-refractivity contribution in [2.45, 2.75) is 26.3 Å². The van der Waals surface area contributed by atoms with Crippen LogP contribution >= 0.6 is 0 Å². The highest BCUT2D eigenvalue weighted by Crippen LogP contribution is 2.26. The van der Waals surface area contributed by atoms with Gasteiger partial charge < -0.3 is 4.74 Å². The van der Waals surface area contributed by atoms with E-state index >= 15 is 0 Å². The maximum absolute atomic E-state index is 12.1. The first-order valence-corrected chi connectivity index (χ1v) is 10.4. The van der Waals surface area contributed by atoms with Crippen LogP contribution in [-0.2, 0) is 9.84 Å². The summed E-state index contributed by atoms with van der Waals surface area (Å²) in [5.41, 5.74) is 5.29. The van der Waals surface area contributed by atoms with Gasteiger partial charge in [0, 0.05) is 16.8 Å². The topological polar surface area (TPSA) is 103 Å². The normalized spacial score (nSPS) is 18.7. The molecular formula is C18H22N4O4S. The van der Waals surface area contributed by atoms with Gasteiger partial charge >= 0.3 is 0 Å². The number of rotatable bonds is 5. The zero-order valence-corrected chi connectivity index (χ0v) is 16.3. The summed E-state index contributed by atoms with van der Waals surface area (Å²) in [6.45, 7) is 3.71. The third-order valence-electron chi connectivity index (χ3n) is 4.65. The summed E-state index contributed by atoms with van der Waals surface area (Å²) in [7, 11) is -1.43. The first kappa shape index (κ1) is 19.1. The molecule has 2 aromatic rings. The predicted octanol–water partition coefficient (Wildman–Crippen LogP) is 1.63. The maximum atomic E-state index is 12.1. The van der Waals surface area contributed by atoms with E-state index in [4.69, 9.17) is 4.74 Å².